The molecular weight excluding hydrogens is 223 g/mol. The second-order valence-electron chi connectivity index (χ2n) is 2.41. The van der Waals surface area contributed by atoms with Crippen molar-refractivity contribution in [2.24, 2.45) is 0 Å². The first-order valence-corrected chi connectivity index (χ1v) is 3.36. The van der Waals surface area contributed by atoms with Gasteiger partial charge in [-0.3, -0.25) is 4.68 Å². The molecule has 0 aliphatic rings. The van der Waals surface area contributed by atoms with Crippen molar-refractivity contribution in [2.45, 2.75) is 12.7 Å². The number of nitrogens with two attached hydrogens (primary N) is 1. The van der Waals surface area contributed by atoms with Gasteiger partial charge < -0.3 is 10.5 Å². The van der Waals surface area contributed by atoms with Gasteiger partial charge in [0.2, 0.25) is 0 Å². The van der Waals surface area contributed by atoms with Crippen LogP contribution in [-0.4, -0.2) is 23.1 Å². The second-order valence-corrected chi connectivity index (χ2v) is 2.41. The van der Waals surface area contributed by atoms with Crippen LogP contribution in [0.3, 0.4) is 0 Å². The molecular formula is C6H9ClF3N3O. The number of nitrogen functional groups attached to an aromatic ring is 1. The molecule has 0 saturated carbocycles. The summed E-state index contributed by atoms with van der Waals surface area (Å²) in [5.41, 5.74) is 5.38. The van der Waals surface area contributed by atoms with Gasteiger partial charge in [-0.05, 0) is 0 Å². The van der Waals surface area contributed by atoms with Gasteiger partial charge in [-0.1, -0.05) is 0 Å². The Labute approximate surface area is 84.2 Å². The summed E-state index contributed by atoms with van der Waals surface area (Å²) in [6.07, 6.45) is -3.23. The first-order chi connectivity index (χ1) is 5.92. The van der Waals surface area contributed by atoms with Crippen LogP contribution in [0.2, 0.25) is 0 Å². The number of anilines is 1. The summed E-state index contributed by atoms with van der Waals surface area (Å²) in [6.45, 7) is -1.17. The van der Waals surface area contributed by atoms with E-state index in [1.54, 1.807) is 0 Å². The number of hydrogen-bond donors (Lipinski definition) is 1. The van der Waals surface area contributed by atoms with Gasteiger partial charge in [-0.15, -0.1) is 17.5 Å². The molecule has 0 bridgehead atoms. The SMILES string of the molecule is COc1nn(CC(F)(F)F)cc1N.Cl. The van der Waals surface area contributed by atoms with Crippen molar-refractivity contribution in [1.29, 1.82) is 0 Å². The van der Waals surface area contributed by atoms with E-state index in [-0.39, 0.29) is 24.0 Å². The lowest BCUT2D eigenvalue weighted by atomic mass is 10.5. The Morgan fingerprint density at radius 1 is 1.57 bits per heavy atom. The highest BCUT2D eigenvalue weighted by Crippen LogP contribution is 2.21. The third-order valence-electron chi connectivity index (χ3n) is 1.29. The molecule has 0 amide bonds. The van der Waals surface area contributed by atoms with E-state index in [9.17, 15) is 13.2 Å². The number of methoxy groups -OCH3 is 1. The molecule has 2 N–H and O–H groups in total. The van der Waals surface area contributed by atoms with Crippen molar-refractivity contribution in [3.05, 3.63) is 6.20 Å². The molecule has 0 aliphatic heterocycles. The fourth-order valence-corrected chi connectivity index (χ4v) is 0.842. The second kappa shape index (κ2) is 4.41. The molecule has 0 saturated heterocycles. The molecule has 0 radical (unpaired) electrons. The molecule has 0 aromatic carbocycles. The maximum absolute atomic E-state index is 11.8. The number of hydrogen-bond acceptors (Lipinski definition) is 3. The highest BCUT2D eigenvalue weighted by Gasteiger charge is 2.28. The fourth-order valence-electron chi connectivity index (χ4n) is 0.842. The molecule has 0 aliphatic carbocycles. The Morgan fingerprint density at radius 3 is 2.50 bits per heavy atom. The zero-order chi connectivity index (χ0) is 10.1. The van der Waals surface area contributed by atoms with Crippen molar-refractivity contribution in [3.63, 3.8) is 0 Å². The minimum absolute atomic E-state index is 0. The summed E-state index contributed by atoms with van der Waals surface area (Å²) in [6, 6.07) is 0. The summed E-state index contributed by atoms with van der Waals surface area (Å²) in [5, 5.41) is 3.46. The van der Waals surface area contributed by atoms with Crippen molar-refractivity contribution in [2.75, 3.05) is 12.8 Å². The zero-order valence-electron chi connectivity index (χ0n) is 7.21. The lowest BCUT2D eigenvalue weighted by Gasteiger charge is -2.04. The summed E-state index contributed by atoms with van der Waals surface area (Å²) in [7, 11) is 1.29. The molecule has 0 spiro atoms. The zero-order valence-corrected chi connectivity index (χ0v) is 8.02. The minimum atomic E-state index is -4.30. The van der Waals surface area contributed by atoms with E-state index < -0.39 is 12.7 Å². The van der Waals surface area contributed by atoms with Gasteiger partial charge >= 0.3 is 6.18 Å². The Kier molecular flexibility index (Phi) is 4.06. The summed E-state index contributed by atoms with van der Waals surface area (Å²) >= 11 is 0. The topological polar surface area (TPSA) is 53.1 Å². The van der Waals surface area contributed by atoms with Crippen LogP contribution in [-0.2, 0) is 6.54 Å². The quantitative estimate of drug-likeness (QED) is 0.838. The number of ether oxygens (including phenoxy) is 1. The Morgan fingerprint density at radius 2 is 2.14 bits per heavy atom. The molecule has 4 nitrogen and oxygen atoms in total. The van der Waals surface area contributed by atoms with Crippen molar-refractivity contribution < 1.29 is 17.9 Å². The van der Waals surface area contributed by atoms with Crippen LogP contribution in [0, 0.1) is 0 Å². The van der Waals surface area contributed by atoms with Crippen LogP contribution in [0.25, 0.3) is 0 Å². The average Bonchev–Trinajstić information content (AvgIpc) is 2.26. The number of alkyl halides is 3. The lowest BCUT2D eigenvalue weighted by Crippen LogP contribution is -2.17. The van der Waals surface area contributed by atoms with Gasteiger partial charge in [0.1, 0.15) is 12.2 Å². The highest BCUT2D eigenvalue weighted by molar-refractivity contribution is 5.85. The van der Waals surface area contributed by atoms with Gasteiger partial charge in [-0.25, -0.2) is 0 Å². The molecule has 82 valence electrons. The van der Waals surface area contributed by atoms with Gasteiger partial charge in [-0.2, -0.15) is 13.2 Å². The normalized spacial score (nSPS) is 10.9. The molecule has 0 unspecified atom stereocenters. The lowest BCUT2D eigenvalue weighted by molar-refractivity contribution is -0.142. The molecule has 0 fully saturated rings. The van der Waals surface area contributed by atoms with Crippen LogP contribution < -0.4 is 10.5 Å². The maximum Gasteiger partial charge on any atom is 0.408 e. The molecule has 0 atom stereocenters. The first kappa shape index (κ1) is 12.9. The molecule has 1 aromatic heterocycles. The van der Waals surface area contributed by atoms with Crippen molar-refractivity contribution >= 4 is 18.1 Å². The smallest absolute Gasteiger partial charge is 0.408 e. The van der Waals surface area contributed by atoms with Gasteiger partial charge in [0.15, 0.2) is 0 Å². The summed E-state index contributed by atoms with van der Waals surface area (Å²) in [5.74, 6) is 0.00394. The molecule has 1 heterocycles. The Hall–Kier alpha value is -1.11. The van der Waals surface area contributed by atoms with E-state index >= 15 is 0 Å². The maximum atomic E-state index is 11.8. The van der Waals surface area contributed by atoms with E-state index in [4.69, 9.17) is 5.73 Å². The highest BCUT2D eigenvalue weighted by atomic mass is 35.5. The standard InChI is InChI=1S/C6H8F3N3O.ClH/c1-13-5-4(10)2-12(11-5)3-6(7,8)9;/h2H,3,10H2,1H3;1H. The van der Waals surface area contributed by atoms with E-state index in [2.05, 4.69) is 9.84 Å². The van der Waals surface area contributed by atoms with E-state index in [0.717, 1.165) is 6.20 Å². The molecule has 1 rings (SSSR count). The van der Waals surface area contributed by atoms with Crippen molar-refractivity contribution in [3.8, 4) is 5.88 Å². The number of aromatic nitrogens is 2. The van der Waals surface area contributed by atoms with Crippen LogP contribution in [0.5, 0.6) is 5.88 Å². The summed E-state index contributed by atoms with van der Waals surface area (Å²) in [4.78, 5) is 0. The minimum Gasteiger partial charge on any atom is -0.478 e. The summed E-state index contributed by atoms with van der Waals surface area (Å²) < 4.78 is 40.8. The number of rotatable bonds is 2. The van der Waals surface area contributed by atoms with E-state index in [1.165, 1.54) is 7.11 Å². The predicted octanol–water partition coefficient (Wildman–Crippen LogP) is 1.46. The molecule has 1 aromatic rings. The van der Waals surface area contributed by atoms with Crippen LogP contribution in [0.15, 0.2) is 6.20 Å². The monoisotopic (exact) mass is 231 g/mol. The molecule has 8 heteroatoms. The third-order valence-corrected chi connectivity index (χ3v) is 1.29. The molecule has 14 heavy (non-hydrogen) atoms. The fraction of sp³-hybridized carbons (Fsp3) is 0.500. The number of halogens is 4. The third kappa shape index (κ3) is 3.33. The van der Waals surface area contributed by atoms with Crippen LogP contribution >= 0.6 is 12.4 Å². The van der Waals surface area contributed by atoms with Gasteiger partial charge in [0.25, 0.3) is 5.88 Å². The Bertz CT molecular complexity index is 299. The largest absolute Gasteiger partial charge is 0.478 e. The van der Waals surface area contributed by atoms with Gasteiger partial charge in [0.05, 0.1) is 13.3 Å². The predicted molar refractivity (Wildman–Crippen MR) is 46.5 cm³/mol. The van der Waals surface area contributed by atoms with E-state index in [1.807, 2.05) is 0 Å². The van der Waals surface area contributed by atoms with E-state index in [0.29, 0.717) is 4.68 Å². The average molecular weight is 232 g/mol. The first-order valence-electron chi connectivity index (χ1n) is 3.36. The Balaban J connectivity index is 0.00000169. The van der Waals surface area contributed by atoms with Crippen LogP contribution in [0.1, 0.15) is 0 Å². The van der Waals surface area contributed by atoms with Crippen LogP contribution in [0.4, 0.5) is 18.9 Å². The van der Waals surface area contributed by atoms with Gasteiger partial charge in [0, 0.05) is 0 Å². The van der Waals surface area contributed by atoms with Crippen molar-refractivity contribution in [1.82, 2.24) is 9.78 Å². The number of nitrogens with zero attached hydrogens (tertiary/aromatic N) is 2.